The van der Waals surface area contributed by atoms with Crippen LogP contribution in [0.15, 0.2) is 12.2 Å². The summed E-state index contributed by atoms with van der Waals surface area (Å²) in [4.78, 5) is 0. The van der Waals surface area contributed by atoms with Crippen LogP contribution in [0.2, 0.25) is 0 Å². The lowest BCUT2D eigenvalue weighted by atomic mass is 10.0. The van der Waals surface area contributed by atoms with E-state index < -0.39 is 0 Å². The highest BCUT2D eigenvalue weighted by atomic mass is 16.3. The molecule has 2 aliphatic carbocycles. The second-order valence-corrected chi connectivity index (χ2v) is 3.54. The van der Waals surface area contributed by atoms with Crippen LogP contribution >= 0.6 is 0 Å². The minimum absolute atomic E-state index is 0.151. The molecule has 0 unspecified atom stereocenters. The van der Waals surface area contributed by atoms with Crippen molar-refractivity contribution in [3.05, 3.63) is 12.2 Å². The van der Waals surface area contributed by atoms with E-state index >= 15 is 0 Å². The Labute approximate surface area is 61.8 Å². The first-order valence-electron chi connectivity index (χ1n) is 4.22. The number of hydrogen-bond acceptors (Lipinski definition) is 1. The normalized spacial score (nSPS) is 45.5. The van der Waals surface area contributed by atoms with Crippen LogP contribution < -0.4 is 0 Å². The molecule has 0 saturated heterocycles. The fourth-order valence-corrected chi connectivity index (χ4v) is 1.80. The van der Waals surface area contributed by atoms with E-state index in [1.165, 1.54) is 19.3 Å². The fourth-order valence-electron chi connectivity index (χ4n) is 1.80. The van der Waals surface area contributed by atoms with Crippen molar-refractivity contribution in [2.45, 2.75) is 31.8 Å². The van der Waals surface area contributed by atoms with Crippen molar-refractivity contribution in [3.63, 3.8) is 0 Å². The van der Waals surface area contributed by atoms with Crippen molar-refractivity contribution in [2.24, 2.45) is 11.8 Å². The molecule has 1 N–H and O–H groups in total. The first-order valence-corrected chi connectivity index (χ1v) is 4.22. The van der Waals surface area contributed by atoms with Crippen LogP contribution in [0.3, 0.4) is 0 Å². The van der Waals surface area contributed by atoms with Gasteiger partial charge in [0, 0.05) is 0 Å². The molecule has 0 spiro atoms. The summed E-state index contributed by atoms with van der Waals surface area (Å²) < 4.78 is 0. The molecular weight excluding hydrogens is 124 g/mol. The SMILES string of the molecule is O[C@@H]1C=C[C@@H]2C[C@H]2CCC1. The molecular formula is C9H14O. The minimum Gasteiger partial charge on any atom is -0.389 e. The molecule has 0 radical (unpaired) electrons. The average Bonchev–Trinajstić information content (AvgIpc) is 2.59. The molecule has 2 aliphatic rings. The smallest absolute Gasteiger partial charge is 0.0721 e. The number of allylic oxidation sites excluding steroid dienone is 1. The van der Waals surface area contributed by atoms with Crippen LogP contribution in [-0.2, 0) is 0 Å². The molecule has 3 atom stereocenters. The average molecular weight is 138 g/mol. The summed E-state index contributed by atoms with van der Waals surface area (Å²) in [6, 6.07) is 0. The molecule has 0 aromatic heterocycles. The summed E-state index contributed by atoms with van der Waals surface area (Å²) in [5.41, 5.74) is 0. The molecule has 10 heavy (non-hydrogen) atoms. The second-order valence-electron chi connectivity index (χ2n) is 3.54. The van der Waals surface area contributed by atoms with Crippen LogP contribution in [0.1, 0.15) is 25.7 Å². The van der Waals surface area contributed by atoms with Crippen molar-refractivity contribution in [1.29, 1.82) is 0 Å². The van der Waals surface area contributed by atoms with Crippen LogP contribution in [0.5, 0.6) is 0 Å². The number of aliphatic hydroxyl groups is 1. The van der Waals surface area contributed by atoms with Gasteiger partial charge in [0.15, 0.2) is 0 Å². The zero-order valence-electron chi connectivity index (χ0n) is 6.16. The van der Waals surface area contributed by atoms with E-state index in [9.17, 15) is 5.11 Å². The van der Waals surface area contributed by atoms with E-state index in [4.69, 9.17) is 0 Å². The van der Waals surface area contributed by atoms with Gasteiger partial charge >= 0.3 is 0 Å². The highest BCUT2D eigenvalue weighted by Crippen LogP contribution is 2.44. The summed E-state index contributed by atoms with van der Waals surface area (Å²) >= 11 is 0. The van der Waals surface area contributed by atoms with Gasteiger partial charge < -0.3 is 5.11 Å². The van der Waals surface area contributed by atoms with Crippen LogP contribution in [0.25, 0.3) is 0 Å². The molecule has 0 aliphatic heterocycles. The van der Waals surface area contributed by atoms with Gasteiger partial charge in [-0.1, -0.05) is 18.6 Å². The maximum absolute atomic E-state index is 9.26. The minimum atomic E-state index is -0.151. The first kappa shape index (κ1) is 6.41. The molecule has 0 aromatic carbocycles. The van der Waals surface area contributed by atoms with Gasteiger partial charge in [-0.05, 0) is 31.1 Å². The summed E-state index contributed by atoms with van der Waals surface area (Å²) in [7, 11) is 0. The van der Waals surface area contributed by atoms with Gasteiger partial charge in [-0.3, -0.25) is 0 Å². The maximum atomic E-state index is 9.26. The summed E-state index contributed by atoms with van der Waals surface area (Å²) in [6.45, 7) is 0. The lowest BCUT2D eigenvalue weighted by Gasteiger charge is -2.07. The summed E-state index contributed by atoms with van der Waals surface area (Å²) in [5, 5.41) is 9.26. The van der Waals surface area contributed by atoms with Gasteiger partial charge in [-0.25, -0.2) is 0 Å². The fraction of sp³-hybridized carbons (Fsp3) is 0.778. The van der Waals surface area contributed by atoms with E-state index in [2.05, 4.69) is 6.08 Å². The van der Waals surface area contributed by atoms with Crippen molar-refractivity contribution in [2.75, 3.05) is 0 Å². The van der Waals surface area contributed by atoms with Gasteiger partial charge in [-0.2, -0.15) is 0 Å². The highest BCUT2D eigenvalue weighted by molar-refractivity contribution is 5.05. The second kappa shape index (κ2) is 2.39. The van der Waals surface area contributed by atoms with E-state index in [1.54, 1.807) is 0 Å². The quantitative estimate of drug-likeness (QED) is 0.505. The molecule has 1 fully saturated rings. The number of hydrogen-bond donors (Lipinski definition) is 1. The molecule has 1 saturated carbocycles. The molecule has 0 amide bonds. The zero-order valence-corrected chi connectivity index (χ0v) is 6.16. The zero-order chi connectivity index (χ0) is 6.97. The van der Waals surface area contributed by atoms with Crippen LogP contribution in [0.4, 0.5) is 0 Å². The summed E-state index contributed by atoms with van der Waals surface area (Å²) in [6.07, 6.45) is 8.93. The predicted molar refractivity (Wildman–Crippen MR) is 40.6 cm³/mol. The standard InChI is InChI=1S/C9H14O/c10-9-3-1-2-7-6-8(7)4-5-9/h4-5,7-10H,1-3,6H2/t7-,8-,9+/m1/s1. The predicted octanol–water partition coefficient (Wildman–Crippen LogP) is 1.72. The van der Waals surface area contributed by atoms with E-state index in [0.29, 0.717) is 0 Å². The number of fused-ring (bicyclic) bond motifs is 1. The largest absolute Gasteiger partial charge is 0.389 e. The van der Waals surface area contributed by atoms with Crippen LogP contribution in [-0.4, -0.2) is 11.2 Å². The topological polar surface area (TPSA) is 20.2 Å². The number of aliphatic hydroxyl groups excluding tert-OH is 1. The van der Waals surface area contributed by atoms with Crippen molar-refractivity contribution in [1.82, 2.24) is 0 Å². The van der Waals surface area contributed by atoms with Gasteiger partial charge in [0.1, 0.15) is 0 Å². The number of rotatable bonds is 0. The molecule has 1 nitrogen and oxygen atoms in total. The van der Waals surface area contributed by atoms with Crippen molar-refractivity contribution in [3.8, 4) is 0 Å². The highest BCUT2D eigenvalue weighted by Gasteiger charge is 2.34. The van der Waals surface area contributed by atoms with Crippen molar-refractivity contribution < 1.29 is 5.11 Å². The summed E-state index contributed by atoms with van der Waals surface area (Å²) in [5.74, 6) is 1.80. The third-order valence-electron chi connectivity index (χ3n) is 2.63. The molecule has 0 bridgehead atoms. The Balaban J connectivity index is 1.98. The Morgan fingerprint density at radius 3 is 3.00 bits per heavy atom. The Hall–Kier alpha value is -0.300. The van der Waals surface area contributed by atoms with E-state index in [1.807, 2.05) is 6.08 Å². The lowest BCUT2D eigenvalue weighted by Crippen LogP contribution is -2.03. The van der Waals surface area contributed by atoms with Gasteiger partial charge in [0.25, 0.3) is 0 Å². The van der Waals surface area contributed by atoms with Gasteiger partial charge in [-0.15, -0.1) is 0 Å². The van der Waals surface area contributed by atoms with Gasteiger partial charge in [0.2, 0.25) is 0 Å². The molecule has 56 valence electrons. The van der Waals surface area contributed by atoms with E-state index in [0.717, 1.165) is 18.3 Å². The molecule has 0 aromatic rings. The third kappa shape index (κ3) is 1.24. The Morgan fingerprint density at radius 2 is 2.10 bits per heavy atom. The maximum Gasteiger partial charge on any atom is 0.0721 e. The van der Waals surface area contributed by atoms with E-state index in [-0.39, 0.29) is 6.10 Å². The molecule has 1 heteroatoms. The third-order valence-corrected chi connectivity index (χ3v) is 2.63. The first-order chi connectivity index (χ1) is 4.86. The molecule has 2 rings (SSSR count). The van der Waals surface area contributed by atoms with Gasteiger partial charge in [0.05, 0.1) is 6.10 Å². The van der Waals surface area contributed by atoms with Crippen molar-refractivity contribution >= 4 is 0 Å². The molecule has 0 heterocycles. The Bertz CT molecular complexity index is 147. The monoisotopic (exact) mass is 138 g/mol. The Kier molecular flexibility index (Phi) is 1.53. The lowest BCUT2D eigenvalue weighted by molar-refractivity contribution is 0.205. The Morgan fingerprint density at radius 1 is 1.20 bits per heavy atom. The van der Waals surface area contributed by atoms with Crippen LogP contribution in [0, 0.1) is 11.8 Å².